The van der Waals surface area contributed by atoms with Gasteiger partial charge in [0.05, 0.1) is 7.11 Å². The van der Waals surface area contributed by atoms with Crippen molar-refractivity contribution in [3.05, 3.63) is 29.8 Å². The van der Waals surface area contributed by atoms with Crippen molar-refractivity contribution in [3.63, 3.8) is 0 Å². The third kappa shape index (κ3) is 2.87. The Balaban J connectivity index is 3.09. The summed E-state index contributed by atoms with van der Waals surface area (Å²) < 4.78 is 27.5. The number of benzene rings is 1. The molecule has 0 bridgehead atoms. The topological polar surface area (TPSA) is 63.6 Å². The molecule has 1 rings (SSSR count). The molecule has 1 N–H and O–H groups in total. The predicted octanol–water partition coefficient (Wildman–Crippen LogP) is 2.27. The van der Waals surface area contributed by atoms with Crippen molar-refractivity contribution in [1.82, 2.24) is 0 Å². The predicted molar refractivity (Wildman–Crippen MR) is 74.7 cm³/mol. The molecule has 0 aliphatic carbocycles. The Morgan fingerprint density at radius 1 is 1.39 bits per heavy atom. The quantitative estimate of drug-likeness (QED) is 0.838. The maximum atomic E-state index is 11.9. The molecule has 18 heavy (non-hydrogen) atoms. The number of aliphatic hydroxyl groups is 1. The number of aliphatic hydroxyl groups excluding tert-OH is 1. The second kappa shape index (κ2) is 5.59. The number of sulfone groups is 1. The monoisotopic (exact) mass is 336 g/mol. The van der Waals surface area contributed by atoms with Crippen molar-refractivity contribution < 1.29 is 18.3 Å². The Hall–Kier alpha value is -0.590. The zero-order chi connectivity index (χ0) is 14.0. The molecule has 0 aromatic heterocycles. The standard InChI is InChI=1S/C12H17BrO4S/c1-4-18(15,16)12(2,13)11(14)9-5-7-10(17-3)8-6-9/h5-8,11,14H,4H2,1-3H3/t11-,12-/m1/s1. The van der Waals surface area contributed by atoms with E-state index in [0.717, 1.165) is 0 Å². The zero-order valence-electron chi connectivity index (χ0n) is 10.6. The van der Waals surface area contributed by atoms with E-state index in [0.29, 0.717) is 11.3 Å². The summed E-state index contributed by atoms with van der Waals surface area (Å²) in [6.07, 6.45) is -1.15. The summed E-state index contributed by atoms with van der Waals surface area (Å²) in [5.74, 6) is 0.614. The number of halogens is 1. The molecule has 0 saturated heterocycles. The summed E-state index contributed by atoms with van der Waals surface area (Å²) in [6.45, 7) is 3.01. The van der Waals surface area contributed by atoms with Gasteiger partial charge in [0.25, 0.3) is 0 Å². The lowest BCUT2D eigenvalue weighted by Crippen LogP contribution is -2.36. The summed E-state index contributed by atoms with van der Waals surface area (Å²) in [4.78, 5) is 0. The summed E-state index contributed by atoms with van der Waals surface area (Å²) in [7, 11) is -1.88. The van der Waals surface area contributed by atoms with E-state index >= 15 is 0 Å². The fraction of sp³-hybridized carbons (Fsp3) is 0.500. The van der Waals surface area contributed by atoms with Crippen LogP contribution < -0.4 is 4.74 Å². The molecule has 0 aliphatic rings. The van der Waals surface area contributed by atoms with Crippen LogP contribution in [0.2, 0.25) is 0 Å². The van der Waals surface area contributed by atoms with Crippen LogP contribution in [0.4, 0.5) is 0 Å². The Morgan fingerprint density at radius 3 is 2.28 bits per heavy atom. The highest BCUT2D eigenvalue weighted by Gasteiger charge is 2.42. The van der Waals surface area contributed by atoms with Crippen LogP contribution in [0.25, 0.3) is 0 Å². The van der Waals surface area contributed by atoms with Crippen molar-refractivity contribution in [1.29, 1.82) is 0 Å². The van der Waals surface area contributed by atoms with Gasteiger partial charge >= 0.3 is 0 Å². The highest BCUT2D eigenvalue weighted by Crippen LogP contribution is 2.39. The number of methoxy groups -OCH3 is 1. The molecule has 2 atom stereocenters. The normalized spacial score (nSPS) is 16.9. The Morgan fingerprint density at radius 2 is 1.89 bits per heavy atom. The van der Waals surface area contributed by atoms with Crippen LogP contribution in [0.3, 0.4) is 0 Å². The van der Waals surface area contributed by atoms with E-state index in [1.54, 1.807) is 38.3 Å². The molecule has 4 nitrogen and oxygen atoms in total. The van der Waals surface area contributed by atoms with E-state index in [9.17, 15) is 13.5 Å². The first-order chi connectivity index (χ1) is 8.26. The number of ether oxygens (including phenoxy) is 1. The van der Waals surface area contributed by atoms with Crippen molar-refractivity contribution in [3.8, 4) is 5.75 Å². The second-order valence-corrected chi connectivity index (χ2v) is 8.89. The van der Waals surface area contributed by atoms with Crippen molar-refractivity contribution in [2.45, 2.75) is 23.6 Å². The van der Waals surface area contributed by atoms with Crippen LogP contribution in [0.15, 0.2) is 24.3 Å². The maximum absolute atomic E-state index is 11.9. The molecule has 1 aromatic carbocycles. The molecule has 0 spiro atoms. The van der Waals surface area contributed by atoms with E-state index < -0.39 is 19.6 Å². The lowest BCUT2D eigenvalue weighted by atomic mass is 10.1. The van der Waals surface area contributed by atoms with Gasteiger partial charge in [0.1, 0.15) is 11.9 Å². The molecule has 6 heteroatoms. The Bertz CT molecular complexity index is 493. The average Bonchev–Trinajstić information content (AvgIpc) is 2.37. The highest BCUT2D eigenvalue weighted by molar-refractivity contribution is 9.11. The lowest BCUT2D eigenvalue weighted by Gasteiger charge is -2.28. The first-order valence-electron chi connectivity index (χ1n) is 5.49. The number of alkyl halides is 1. The molecule has 1 aromatic rings. The van der Waals surface area contributed by atoms with E-state index in [1.807, 2.05) is 0 Å². The van der Waals surface area contributed by atoms with Gasteiger partial charge in [0.15, 0.2) is 13.5 Å². The molecule has 0 fully saturated rings. The Labute approximate surface area is 116 Å². The molecule has 0 radical (unpaired) electrons. The van der Waals surface area contributed by atoms with E-state index in [1.165, 1.54) is 6.92 Å². The van der Waals surface area contributed by atoms with Crippen LogP contribution in [0, 0.1) is 0 Å². The minimum absolute atomic E-state index is 0.0397. The van der Waals surface area contributed by atoms with Gasteiger partial charge in [-0.25, -0.2) is 8.42 Å². The third-order valence-corrected chi connectivity index (χ3v) is 7.02. The van der Waals surface area contributed by atoms with Crippen LogP contribution in [-0.4, -0.2) is 30.0 Å². The third-order valence-electron chi connectivity index (χ3n) is 2.91. The van der Waals surface area contributed by atoms with Gasteiger partial charge < -0.3 is 9.84 Å². The van der Waals surface area contributed by atoms with Gasteiger partial charge in [-0.1, -0.05) is 35.0 Å². The second-order valence-electron chi connectivity index (χ2n) is 4.07. The molecule has 0 saturated carbocycles. The molecule has 0 heterocycles. The van der Waals surface area contributed by atoms with E-state index in [-0.39, 0.29) is 5.75 Å². The molecular weight excluding hydrogens is 320 g/mol. The largest absolute Gasteiger partial charge is 0.497 e. The minimum Gasteiger partial charge on any atom is -0.497 e. The summed E-state index contributed by atoms with van der Waals surface area (Å²) in [5.41, 5.74) is 0.521. The van der Waals surface area contributed by atoms with Crippen LogP contribution in [0.1, 0.15) is 25.5 Å². The Kier molecular flexibility index (Phi) is 4.80. The van der Waals surface area contributed by atoms with Gasteiger partial charge in [-0.2, -0.15) is 0 Å². The number of rotatable bonds is 5. The summed E-state index contributed by atoms with van der Waals surface area (Å²) >= 11 is 3.13. The average molecular weight is 337 g/mol. The van der Waals surface area contributed by atoms with Crippen molar-refractivity contribution >= 4 is 25.8 Å². The summed E-state index contributed by atoms with van der Waals surface area (Å²) in [6, 6.07) is 6.66. The number of hydrogen-bond acceptors (Lipinski definition) is 4. The van der Waals surface area contributed by atoms with Gasteiger partial charge in [0.2, 0.25) is 0 Å². The van der Waals surface area contributed by atoms with Gasteiger partial charge in [-0.15, -0.1) is 0 Å². The highest BCUT2D eigenvalue weighted by atomic mass is 79.9. The minimum atomic E-state index is -3.43. The van der Waals surface area contributed by atoms with E-state index in [2.05, 4.69) is 15.9 Å². The molecule has 0 unspecified atom stereocenters. The maximum Gasteiger partial charge on any atom is 0.168 e. The zero-order valence-corrected chi connectivity index (χ0v) is 13.0. The fourth-order valence-electron chi connectivity index (χ4n) is 1.54. The smallest absolute Gasteiger partial charge is 0.168 e. The summed E-state index contributed by atoms with van der Waals surface area (Å²) in [5, 5.41) is 10.2. The van der Waals surface area contributed by atoms with Crippen LogP contribution in [-0.2, 0) is 9.84 Å². The van der Waals surface area contributed by atoms with Crippen molar-refractivity contribution in [2.24, 2.45) is 0 Å². The molecular formula is C12H17BrO4S. The van der Waals surface area contributed by atoms with Gasteiger partial charge in [-0.3, -0.25) is 0 Å². The first-order valence-corrected chi connectivity index (χ1v) is 7.94. The van der Waals surface area contributed by atoms with E-state index in [4.69, 9.17) is 4.74 Å². The van der Waals surface area contributed by atoms with Crippen molar-refractivity contribution in [2.75, 3.05) is 12.9 Å². The molecule has 0 amide bonds. The molecule has 0 aliphatic heterocycles. The van der Waals surface area contributed by atoms with Crippen LogP contribution in [0.5, 0.6) is 5.75 Å². The fourth-order valence-corrected chi connectivity index (χ4v) is 3.53. The molecule has 102 valence electrons. The van der Waals surface area contributed by atoms with Gasteiger partial charge in [-0.05, 0) is 24.6 Å². The number of hydrogen-bond donors (Lipinski definition) is 1. The SMILES string of the molecule is CCS(=O)(=O)[C@@](C)(Br)[C@H](O)c1ccc(OC)cc1. The lowest BCUT2D eigenvalue weighted by molar-refractivity contribution is 0.167. The van der Waals surface area contributed by atoms with Gasteiger partial charge in [0, 0.05) is 5.75 Å². The first kappa shape index (κ1) is 15.5. The van der Waals surface area contributed by atoms with Crippen LogP contribution >= 0.6 is 15.9 Å².